The van der Waals surface area contributed by atoms with Crippen LogP contribution in [0.3, 0.4) is 0 Å². The molecule has 0 radical (unpaired) electrons. The van der Waals surface area contributed by atoms with E-state index >= 15 is 0 Å². The number of hydrogen-bond acceptors (Lipinski definition) is 1. The summed E-state index contributed by atoms with van der Waals surface area (Å²) in [6, 6.07) is 11.8. The lowest BCUT2D eigenvalue weighted by Crippen LogP contribution is -2.32. The van der Waals surface area contributed by atoms with E-state index in [0.29, 0.717) is 0 Å². The largest absolute Gasteiger partial charge is 0.294 e. The molecule has 0 heterocycles. The molecule has 0 aliphatic carbocycles. The van der Waals surface area contributed by atoms with Crippen molar-refractivity contribution in [3.8, 4) is 0 Å². The summed E-state index contributed by atoms with van der Waals surface area (Å²) in [5, 5.41) is 0. The van der Waals surface area contributed by atoms with E-state index in [4.69, 9.17) is 0 Å². The van der Waals surface area contributed by atoms with Crippen molar-refractivity contribution in [2.24, 2.45) is 5.41 Å². The van der Waals surface area contributed by atoms with Crippen LogP contribution >= 0.6 is 0 Å². The fourth-order valence-electron chi connectivity index (χ4n) is 3.20. The molecular weight excluding hydrogens is 284 g/mol. The molecule has 124 valence electrons. The predicted octanol–water partition coefficient (Wildman–Crippen LogP) is 6.27. The Kier molecular flexibility index (Phi) is 6.60. The highest BCUT2D eigenvalue weighted by Crippen LogP contribution is 2.30. The molecule has 1 nitrogen and oxygen atoms in total. The third kappa shape index (κ3) is 4.55. The lowest BCUT2D eigenvalue weighted by molar-refractivity contribution is 0.0857. The van der Waals surface area contributed by atoms with Crippen LogP contribution in [-0.4, -0.2) is 13.9 Å². The standard InChI is InChI=1S/C20H34OSi/c1-8-22(9-2,10-3)14-13-17-12-11-16(4)15-18(17)19(21)20(5,6)7/h11-12,15H,8-10,13-14H2,1-7H3. The number of carbonyl (C=O) groups excluding carboxylic acids is 1. The van der Waals surface area contributed by atoms with Crippen molar-refractivity contribution in [1.82, 2.24) is 0 Å². The van der Waals surface area contributed by atoms with Crippen LogP contribution in [0.1, 0.15) is 63.0 Å². The number of ketones is 1. The van der Waals surface area contributed by atoms with E-state index in [-0.39, 0.29) is 11.2 Å². The van der Waals surface area contributed by atoms with Gasteiger partial charge in [-0.2, -0.15) is 0 Å². The average molecular weight is 319 g/mol. The van der Waals surface area contributed by atoms with Crippen molar-refractivity contribution in [3.63, 3.8) is 0 Å². The molecule has 0 aromatic heterocycles. The molecule has 22 heavy (non-hydrogen) atoms. The lowest BCUT2D eigenvalue weighted by Gasteiger charge is -2.29. The molecule has 0 N–H and O–H groups in total. The smallest absolute Gasteiger partial charge is 0.168 e. The predicted molar refractivity (Wildman–Crippen MR) is 101 cm³/mol. The van der Waals surface area contributed by atoms with Crippen molar-refractivity contribution in [1.29, 1.82) is 0 Å². The van der Waals surface area contributed by atoms with E-state index in [9.17, 15) is 4.79 Å². The monoisotopic (exact) mass is 318 g/mol. The molecular formula is C20H34OSi. The summed E-state index contributed by atoms with van der Waals surface area (Å²) >= 11 is 0. The lowest BCUT2D eigenvalue weighted by atomic mass is 9.84. The van der Waals surface area contributed by atoms with Gasteiger partial charge in [0.2, 0.25) is 0 Å². The first-order valence-electron chi connectivity index (χ1n) is 8.83. The second-order valence-electron chi connectivity index (χ2n) is 7.80. The average Bonchev–Trinajstić information content (AvgIpc) is 2.48. The van der Waals surface area contributed by atoms with Gasteiger partial charge < -0.3 is 0 Å². The van der Waals surface area contributed by atoms with E-state index in [1.165, 1.54) is 35.3 Å². The number of hydrogen-bond donors (Lipinski definition) is 0. The van der Waals surface area contributed by atoms with E-state index in [1.54, 1.807) is 0 Å². The molecule has 0 saturated carbocycles. The molecule has 0 unspecified atom stereocenters. The fourth-order valence-corrected chi connectivity index (χ4v) is 6.56. The maximum atomic E-state index is 12.8. The molecule has 0 aliphatic heterocycles. The van der Waals surface area contributed by atoms with Gasteiger partial charge in [0, 0.05) is 11.0 Å². The fraction of sp³-hybridized carbons (Fsp3) is 0.650. The molecule has 0 saturated heterocycles. The van der Waals surface area contributed by atoms with Crippen LogP contribution in [-0.2, 0) is 6.42 Å². The Bertz CT molecular complexity index is 499. The maximum Gasteiger partial charge on any atom is 0.168 e. The Balaban J connectivity index is 3.08. The normalized spacial score (nSPS) is 12.5. The molecule has 0 amide bonds. The third-order valence-electron chi connectivity index (χ3n) is 5.37. The Labute approximate surface area is 138 Å². The van der Waals surface area contributed by atoms with Gasteiger partial charge >= 0.3 is 0 Å². The Morgan fingerprint density at radius 1 is 1.05 bits per heavy atom. The highest BCUT2D eigenvalue weighted by molar-refractivity contribution is 6.79. The van der Waals surface area contributed by atoms with Crippen molar-refractivity contribution in [3.05, 3.63) is 34.9 Å². The summed E-state index contributed by atoms with van der Waals surface area (Å²) in [5.74, 6) is 0.281. The van der Waals surface area contributed by atoms with Gasteiger partial charge in [0.1, 0.15) is 0 Å². The minimum absolute atomic E-state index is 0.281. The zero-order chi connectivity index (χ0) is 17.0. The van der Waals surface area contributed by atoms with Gasteiger partial charge in [-0.05, 0) is 25.0 Å². The van der Waals surface area contributed by atoms with Gasteiger partial charge in [-0.1, -0.05) is 83.4 Å². The van der Waals surface area contributed by atoms with Gasteiger partial charge in [0.15, 0.2) is 5.78 Å². The Hall–Kier alpha value is -0.893. The molecule has 1 aromatic rings. The quantitative estimate of drug-likeness (QED) is 0.427. The summed E-state index contributed by atoms with van der Waals surface area (Å²) in [5.41, 5.74) is 3.09. The third-order valence-corrected chi connectivity index (χ3v) is 11.2. The highest BCUT2D eigenvalue weighted by atomic mass is 28.3. The number of benzene rings is 1. The van der Waals surface area contributed by atoms with Gasteiger partial charge in [-0.15, -0.1) is 0 Å². The molecule has 1 aromatic carbocycles. The summed E-state index contributed by atoms with van der Waals surface area (Å²) in [6.45, 7) is 15.2. The molecule has 0 spiro atoms. The van der Waals surface area contributed by atoms with Gasteiger partial charge in [-0.3, -0.25) is 4.79 Å². The first-order chi connectivity index (χ1) is 10.2. The zero-order valence-electron chi connectivity index (χ0n) is 15.7. The summed E-state index contributed by atoms with van der Waals surface area (Å²) in [6.07, 6.45) is 1.07. The minimum atomic E-state index is -1.13. The van der Waals surface area contributed by atoms with Crippen LogP contribution in [0, 0.1) is 12.3 Å². The van der Waals surface area contributed by atoms with Crippen LogP contribution in [0.2, 0.25) is 24.2 Å². The second-order valence-corrected chi connectivity index (χ2v) is 13.4. The summed E-state index contributed by atoms with van der Waals surface area (Å²) < 4.78 is 0. The van der Waals surface area contributed by atoms with Crippen molar-refractivity contribution < 1.29 is 4.79 Å². The van der Waals surface area contributed by atoms with Crippen LogP contribution in [0.25, 0.3) is 0 Å². The van der Waals surface area contributed by atoms with E-state index in [0.717, 1.165) is 12.0 Å². The molecule has 0 fully saturated rings. The Morgan fingerprint density at radius 3 is 2.05 bits per heavy atom. The van der Waals surface area contributed by atoms with E-state index < -0.39 is 8.07 Å². The summed E-state index contributed by atoms with van der Waals surface area (Å²) in [7, 11) is -1.13. The van der Waals surface area contributed by atoms with Crippen molar-refractivity contribution in [2.45, 2.75) is 79.1 Å². The van der Waals surface area contributed by atoms with Crippen LogP contribution < -0.4 is 0 Å². The van der Waals surface area contributed by atoms with Gasteiger partial charge in [0.05, 0.1) is 8.07 Å². The summed E-state index contributed by atoms with van der Waals surface area (Å²) in [4.78, 5) is 12.8. The van der Waals surface area contributed by atoms with E-state index in [2.05, 4.69) is 45.9 Å². The zero-order valence-corrected chi connectivity index (χ0v) is 16.7. The van der Waals surface area contributed by atoms with Gasteiger partial charge in [-0.25, -0.2) is 0 Å². The second kappa shape index (κ2) is 7.59. The van der Waals surface area contributed by atoms with Gasteiger partial charge in [0.25, 0.3) is 0 Å². The van der Waals surface area contributed by atoms with Crippen LogP contribution in [0.5, 0.6) is 0 Å². The molecule has 2 heteroatoms. The van der Waals surface area contributed by atoms with Crippen molar-refractivity contribution >= 4 is 13.9 Å². The first-order valence-corrected chi connectivity index (χ1v) is 11.7. The molecule has 0 atom stereocenters. The SMILES string of the molecule is CC[Si](CC)(CC)CCc1ccc(C)cc1C(=O)C(C)(C)C. The topological polar surface area (TPSA) is 17.1 Å². The van der Waals surface area contributed by atoms with Crippen LogP contribution in [0.15, 0.2) is 18.2 Å². The number of aryl methyl sites for hydroxylation is 2. The van der Waals surface area contributed by atoms with E-state index in [1.807, 2.05) is 20.8 Å². The number of rotatable bonds is 7. The highest BCUT2D eigenvalue weighted by Gasteiger charge is 2.28. The maximum absolute atomic E-state index is 12.8. The first kappa shape index (κ1) is 19.2. The van der Waals surface area contributed by atoms with Crippen LogP contribution in [0.4, 0.5) is 0 Å². The number of Topliss-reactive ketones (excluding diaryl/α,β-unsaturated/α-hetero) is 1. The molecule has 1 rings (SSSR count). The number of carbonyl (C=O) groups is 1. The molecule has 0 aliphatic rings. The minimum Gasteiger partial charge on any atom is -0.294 e. The Morgan fingerprint density at radius 2 is 1.59 bits per heavy atom. The van der Waals surface area contributed by atoms with Crippen molar-refractivity contribution in [2.75, 3.05) is 0 Å². The molecule has 0 bridgehead atoms.